The first-order valence-corrected chi connectivity index (χ1v) is 9.42. The van der Waals surface area contributed by atoms with Crippen molar-refractivity contribution in [1.29, 1.82) is 0 Å². The highest BCUT2D eigenvalue weighted by Gasteiger charge is 2.32. The maximum absolute atomic E-state index is 12.6. The second-order valence-corrected chi connectivity index (χ2v) is 6.89. The van der Waals surface area contributed by atoms with Crippen LogP contribution in [-0.2, 0) is 6.61 Å². The molecule has 3 aromatic rings. The molecule has 0 unspecified atom stereocenters. The molecule has 1 aliphatic rings. The van der Waals surface area contributed by atoms with Gasteiger partial charge in [0, 0.05) is 23.3 Å². The number of ketones is 2. The molecule has 4 rings (SSSR count). The van der Waals surface area contributed by atoms with Gasteiger partial charge in [-0.2, -0.15) is 0 Å². The van der Waals surface area contributed by atoms with Gasteiger partial charge >= 0.3 is 0 Å². The van der Waals surface area contributed by atoms with Gasteiger partial charge in [0.1, 0.15) is 6.61 Å². The number of fused-ring (bicyclic) bond motifs is 1. The molecule has 0 aromatic heterocycles. The summed E-state index contributed by atoms with van der Waals surface area (Å²) in [6, 6.07) is 18.0. The first-order valence-electron chi connectivity index (χ1n) is 9.42. The maximum Gasteiger partial charge on any atom is 0.269 e. The van der Waals surface area contributed by atoms with Crippen LogP contribution in [0.5, 0.6) is 11.5 Å². The molecular weight excluding hydrogens is 398 g/mol. The van der Waals surface area contributed by atoms with E-state index in [1.165, 1.54) is 25.3 Å². The van der Waals surface area contributed by atoms with Crippen LogP contribution < -0.4 is 9.47 Å². The lowest BCUT2D eigenvalue weighted by atomic mass is 10.1. The van der Waals surface area contributed by atoms with Gasteiger partial charge in [0.15, 0.2) is 23.1 Å². The molecule has 0 aliphatic heterocycles. The fraction of sp³-hybridized carbons (Fsp3) is 0.0833. The Kier molecular flexibility index (Phi) is 5.32. The van der Waals surface area contributed by atoms with E-state index in [1.54, 1.807) is 54.6 Å². The Hall–Kier alpha value is -4.26. The zero-order valence-corrected chi connectivity index (χ0v) is 16.5. The van der Waals surface area contributed by atoms with Crippen LogP contribution in [0.4, 0.5) is 5.69 Å². The van der Waals surface area contributed by atoms with Crippen LogP contribution in [0.3, 0.4) is 0 Å². The summed E-state index contributed by atoms with van der Waals surface area (Å²) in [7, 11) is 1.48. The molecule has 0 bridgehead atoms. The van der Waals surface area contributed by atoms with E-state index in [0.717, 1.165) is 0 Å². The van der Waals surface area contributed by atoms with Crippen molar-refractivity contribution in [2.24, 2.45) is 0 Å². The average Bonchev–Trinajstić information content (AvgIpc) is 3.03. The van der Waals surface area contributed by atoms with Crippen molar-refractivity contribution in [2.75, 3.05) is 7.11 Å². The molecule has 0 N–H and O–H groups in total. The minimum atomic E-state index is -0.462. The molecule has 7 heteroatoms. The molecule has 0 fully saturated rings. The van der Waals surface area contributed by atoms with E-state index in [-0.39, 0.29) is 29.4 Å². The molecule has 3 aromatic carbocycles. The molecule has 0 radical (unpaired) electrons. The molecule has 1 aliphatic carbocycles. The van der Waals surface area contributed by atoms with Crippen LogP contribution in [0.15, 0.2) is 72.3 Å². The van der Waals surface area contributed by atoms with Crippen LogP contribution in [0, 0.1) is 10.1 Å². The highest BCUT2D eigenvalue weighted by molar-refractivity contribution is 6.41. The smallest absolute Gasteiger partial charge is 0.269 e. The summed E-state index contributed by atoms with van der Waals surface area (Å²) in [5.41, 5.74) is 2.16. The molecule has 0 atom stereocenters. The number of nitro benzene ring substituents is 1. The largest absolute Gasteiger partial charge is 0.493 e. The molecule has 0 saturated carbocycles. The van der Waals surface area contributed by atoms with E-state index >= 15 is 0 Å². The first-order chi connectivity index (χ1) is 15.0. The van der Waals surface area contributed by atoms with Crippen molar-refractivity contribution < 1.29 is 24.0 Å². The first kappa shape index (κ1) is 20.0. The van der Waals surface area contributed by atoms with Crippen molar-refractivity contribution >= 4 is 23.3 Å². The Bertz CT molecular complexity index is 1210. The van der Waals surface area contributed by atoms with Gasteiger partial charge in [-0.3, -0.25) is 19.7 Å². The second-order valence-electron chi connectivity index (χ2n) is 6.89. The molecule has 7 nitrogen and oxygen atoms in total. The van der Waals surface area contributed by atoms with Crippen molar-refractivity contribution in [3.63, 3.8) is 0 Å². The van der Waals surface area contributed by atoms with E-state index in [2.05, 4.69) is 0 Å². The third-order valence-electron chi connectivity index (χ3n) is 4.92. The number of rotatable bonds is 6. The molecule has 31 heavy (non-hydrogen) atoms. The number of carbonyl (C=O) groups excluding carboxylic acids is 2. The Balaban J connectivity index is 1.56. The van der Waals surface area contributed by atoms with Crippen molar-refractivity contribution in [3.8, 4) is 11.5 Å². The quantitative estimate of drug-likeness (QED) is 0.252. The maximum atomic E-state index is 12.6. The minimum absolute atomic E-state index is 0.0121. The molecule has 0 heterocycles. The van der Waals surface area contributed by atoms with Gasteiger partial charge in [-0.05, 0) is 29.3 Å². The van der Waals surface area contributed by atoms with E-state index < -0.39 is 4.92 Å². The number of Topliss-reactive ketones (excluding diaryl/α,β-unsaturated/α-hetero) is 2. The predicted molar refractivity (Wildman–Crippen MR) is 114 cm³/mol. The third-order valence-corrected chi connectivity index (χ3v) is 4.92. The standard InChI is InChI=1S/C24H17NO6/c1-30-22-13-15(12-20-23(26)18-7-2-3-8-19(18)24(20)27)9-10-21(22)31-14-16-5-4-6-17(11-16)25(28)29/h2-13H,14H2,1H3. The van der Waals surface area contributed by atoms with Crippen LogP contribution >= 0.6 is 0 Å². The van der Waals surface area contributed by atoms with Gasteiger partial charge in [-0.25, -0.2) is 0 Å². The normalized spacial score (nSPS) is 12.5. The number of ether oxygens (including phenoxy) is 2. The Morgan fingerprint density at radius 1 is 0.903 bits per heavy atom. The molecule has 0 saturated heterocycles. The summed E-state index contributed by atoms with van der Waals surface area (Å²) in [5.74, 6) is 0.245. The monoisotopic (exact) mass is 415 g/mol. The summed E-state index contributed by atoms with van der Waals surface area (Å²) < 4.78 is 11.1. The Morgan fingerprint density at radius 3 is 2.26 bits per heavy atom. The number of non-ortho nitro benzene ring substituents is 1. The SMILES string of the molecule is COc1cc(C=C2C(=O)c3ccccc3C2=O)ccc1OCc1cccc([N+](=O)[O-])c1. The number of nitro groups is 1. The van der Waals surface area contributed by atoms with E-state index in [4.69, 9.17) is 9.47 Å². The van der Waals surface area contributed by atoms with E-state index in [9.17, 15) is 19.7 Å². The van der Waals surface area contributed by atoms with Crippen LogP contribution in [-0.4, -0.2) is 23.6 Å². The fourth-order valence-electron chi connectivity index (χ4n) is 3.38. The lowest BCUT2D eigenvalue weighted by molar-refractivity contribution is -0.384. The highest BCUT2D eigenvalue weighted by atomic mass is 16.6. The number of methoxy groups -OCH3 is 1. The number of hydrogen-bond acceptors (Lipinski definition) is 6. The summed E-state index contributed by atoms with van der Waals surface area (Å²) >= 11 is 0. The number of nitrogens with zero attached hydrogens (tertiary/aromatic N) is 1. The van der Waals surface area contributed by atoms with Gasteiger partial charge < -0.3 is 9.47 Å². The molecule has 154 valence electrons. The van der Waals surface area contributed by atoms with Crippen LogP contribution in [0.2, 0.25) is 0 Å². The van der Waals surface area contributed by atoms with E-state index in [0.29, 0.717) is 33.8 Å². The van der Waals surface area contributed by atoms with Gasteiger partial charge in [0.05, 0.1) is 17.6 Å². The topological polar surface area (TPSA) is 95.7 Å². The zero-order chi connectivity index (χ0) is 22.0. The van der Waals surface area contributed by atoms with Crippen molar-refractivity contribution in [2.45, 2.75) is 6.61 Å². The number of hydrogen-bond donors (Lipinski definition) is 0. The summed E-state index contributed by atoms with van der Waals surface area (Å²) in [6.45, 7) is 0.116. The van der Waals surface area contributed by atoms with Gasteiger partial charge in [0.2, 0.25) is 0 Å². The summed E-state index contributed by atoms with van der Waals surface area (Å²) in [5, 5.41) is 10.9. The Labute approximate surface area is 177 Å². The number of allylic oxidation sites excluding steroid dienone is 1. The predicted octanol–water partition coefficient (Wildman–Crippen LogP) is 4.65. The van der Waals surface area contributed by atoms with Crippen LogP contribution in [0.1, 0.15) is 31.8 Å². The van der Waals surface area contributed by atoms with Gasteiger partial charge in [-0.15, -0.1) is 0 Å². The molecule has 0 amide bonds. The van der Waals surface area contributed by atoms with Crippen LogP contribution in [0.25, 0.3) is 6.08 Å². The third kappa shape index (κ3) is 3.93. The molecular formula is C24H17NO6. The lowest BCUT2D eigenvalue weighted by Gasteiger charge is -2.11. The average molecular weight is 415 g/mol. The minimum Gasteiger partial charge on any atom is -0.493 e. The molecule has 0 spiro atoms. The zero-order valence-electron chi connectivity index (χ0n) is 16.5. The Morgan fingerprint density at radius 2 is 1.61 bits per heavy atom. The highest BCUT2D eigenvalue weighted by Crippen LogP contribution is 2.32. The summed E-state index contributed by atoms with van der Waals surface area (Å²) in [6.07, 6.45) is 1.54. The van der Waals surface area contributed by atoms with Crippen molar-refractivity contribution in [3.05, 3.63) is 105 Å². The lowest BCUT2D eigenvalue weighted by Crippen LogP contribution is -2.01. The van der Waals surface area contributed by atoms with E-state index in [1.807, 2.05) is 0 Å². The number of carbonyl (C=O) groups is 2. The second kappa shape index (κ2) is 8.23. The summed E-state index contributed by atoms with van der Waals surface area (Å²) in [4.78, 5) is 35.6. The van der Waals surface area contributed by atoms with Crippen molar-refractivity contribution in [1.82, 2.24) is 0 Å². The number of benzene rings is 3. The van der Waals surface area contributed by atoms with Gasteiger partial charge in [0.25, 0.3) is 5.69 Å². The fourth-order valence-corrected chi connectivity index (χ4v) is 3.38. The van der Waals surface area contributed by atoms with Gasteiger partial charge in [-0.1, -0.05) is 42.5 Å².